The first-order valence-electron chi connectivity index (χ1n) is 8.54. The van der Waals surface area contributed by atoms with E-state index in [9.17, 15) is 4.79 Å². The van der Waals surface area contributed by atoms with Crippen molar-refractivity contribution in [3.05, 3.63) is 47.0 Å². The fourth-order valence-corrected chi connectivity index (χ4v) is 3.36. The number of rotatable bonds is 3. The Balaban J connectivity index is 1.54. The van der Waals surface area contributed by atoms with Crippen molar-refractivity contribution in [1.29, 1.82) is 0 Å². The van der Waals surface area contributed by atoms with E-state index in [1.165, 1.54) is 6.42 Å². The molecule has 2 aromatic heterocycles. The molecule has 24 heavy (non-hydrogen) atoms. The van der Waals surface area contributed by atoms with E-state index in [0.29, 0.717) is 5.69 Å². The number of aromatic amines is 2. The molecular weight excluding hydrogens is 302 g/mol. The van der Waals surface area contributed by atoms with Gasteiger partial charge in [-0.2, -0.15) is 5.10 Å². The summed E-state index contributed by atoms with van der Waals surface area (Å²) < 4.78 is 0. The number of nitrogens with one attached hydrogen (secondary N) is 3. The zero-order chi connectivity index (χ0) is 16.5. The third-order valence-corrected chi connectivity index (χ3v) is 4.69. The van der Waals surface area contributed by atoms with Crippen LogP contribution in [-0.4, -0.2) is 26.1 Å². The van der Waals surface area contributed by atoms with Gasteiger partial charge in [0.05, 0.1) is 17.1 Å². The lowest BCUT2D eigenvalue weighted by molar-refractivity contribution is 0.0932. The molecule has 3 aromatic rings. The zero-order valence-electron chi connectivity index (χ0n) is 13.7. The van der Waals surface area contributed by atoms with Gasteiger partial charge in [-0.25, -0.2) is 4.98 Å². The molecule has 0 saturated carbocycles. The van der Waals surface area contributed by atoms with E-state index in [0.717, 1.165) is 53.8 Å². The Labute approximate surface area is 140 Å². The number of H-pyrrole nitrogens is 2. The van der Waals surface area contributed by atoms with E-state index in [1.807, 2.05) is 31.2 Å². The number of fused-ring (bicyclic) bond motifs is 2. The van der Waals surface area contributed by atoms with Crippen LogP contribution >= 0.6 is 0 Å². The second kappa shape index (κ2) is 6.11. The van der Waals surface area contributed by atoms with Crippen molar-refractivity contribution in [2.75, 3.05) is 0 Å². The third kappa shape index (κ3) is 2.68. The largest absolute Gasteiger partial charge is 0.341 e. The van der Waals surface area contributed by atoms with Crippen LogP contribution in [0.25, 0.3) is 11.0 Å². The van der Waals surface area contributed by atoms with Gasteiger partial charge in [-0.1, -0.05) is 18.6 Å². The van der Waals surface area contributed by atoms with Gasteiger partial charge in [-0.3, -0.25) is 9.89 Å². The first-order valence-corrected chi connectivity index (χ1v) is 8.54. The van der Waals surface area contributed by atoms with Crippen LogP contribution in [-0.2, 0) is 12.8 Å². The number of benzene rings is 1. The van der Waals surface area contributed by atoms with E-state index >= 15 is 0 Å². The number of hydrogen-bond acceptors (Lipinski definition) is 3. The summed E-state index contributed by atoms with van der Waals surface area (Å²) in [7, 11) is 0. The lowest BCUT2D eigenvalue weighted by Gasteiger charge is -2.11. The summed E-state index contributed by atoms with van der Waals surface area (Å²) in [5.41, 5.74) is 4.62. The van der Waals surface area contributed by atoms with Gasteiger partial charge in [0, 0.05) is 11.3 Å². The quantitative estimate of drug-likeness (QED) is 0.647. The number of aryl methyl sites for hydroxylation is 1. The van der Waals surface area contributed by atoms with E-state index in [4.69, 9.17) is 0 Å². The standard InChI is InChI=1S/C18H21N5O/c1-11(17-20-14-9-5-6-10-15(14)21-17)19-18(24)16-12-7-3-2-4-8-13(12)22-23-16/h5-6,9-11H,2-4,7-8H2,1H3,(H,19,24)(H,20,21)(H,22,23)/t11-/m0/s1. The number of hydrogen-bond donors (Lipinski definition) is 3. The fraction of sp³-hybridized carbons (Fsp3) is 0.389. The number of para-hydroxylation sites is 2. The molecule has 2 heterocycles. The molecule has 124 valence electrons. The molecule has 0 spiro atoms. The van der Waals surface area contributed by atoms with E-state index < -0.39 is 0 Å². The molecule has 0 unspecified atom stereocenters. The minimum atomic E-state index is -0.206. The zero-order valence-corrected chi connectivity index (χ0v) is 13.7. The lowest BCUT2D eigenvalue weighted by Crippen LogP contribution is -2.28. The van der Waals surface area contributed by atoms with Crippen LogP contribution in [0.4, 0.5) is 0 Å². The summed E-state index contributed by atoms with van der Waals surface area (Å²) in [6.45, 7) is 1.93. The van der Waals surface area contributed by atoms with Gasteiger partial charge in [0.2, 0.25) is 0 Å². The molecule has 3 N–H and O–H groups in total. The molecule has 6 heteroatoms. The topological polar surface area (TPSA) is 86.5 Å². The molecule has 0 aliphatic heterocycles. The van der Waals surface area contributed by atoms with E-state index in [1.54, 1.807) is 0 Å². The average molecular weight is 323 g/mol. The molecule has 1 amide bonds. The molecule has 0 saturated heterocycles. The molecule has 1 atom stereocenters. The summed E-state index contributed by atoms with van der Waals surface area (Å²) in [4.78, 5) is 20.5. The lowest BCUT2D eigenvalue weighted by atomic mass is 10.1. The molecule has 1 aliphatic carbocycles. The maximum atomic E-state index is 12.7. The third-order valence-electron chi connectivity index (χ3n) is 4.69. The minimum Gasteiger partial charge on any atom is -0.341 e. The van der Waals surface area contributed by atoms with Crippen LogP contribution in [0, 0.1) is 0 Å². The number of amides is 1. The SMILES string of the molecule is C[C@H](NC(=O)c1n[nH]c2c1CCCCC2)c1nc2ccccc2[nH]1. The molecule has 0 radical (unpaired) electrons. The molecule has 0 fully saturated rings. The second-order valence-corrected chi connectivity index (χ2v) is 6.42. The Bertz CT molecular complexity index is 846. The Kier molecular flexibility index (Phi) is 3.80. The molecular formula is C18H21N5O. The highest BCUT2D eigenvalue weighted by Crippen LogP contribution is 2.22. The highest BCUT2D eigenvalue weighted by molar-refractivity contribution is 5.94. The van der Waals surface area contributed by atoms with Crippen molar-refractivity contribution in [2.24, 2.45) is 0 Å². The van der Waals surface area contributed by atoms with Crippen molar-refractivity contribution in [3.8, 4) is 0 Å². The van der Waals surface area contributed by atoms with Crippen molar-refractivity contribution in [1.82, 2.24) is 25.5 Å². The molecule has 0 bridgehead atoms. The Morgan fingerprint density at radius 1 is 1.21 bits per heavy atom. The summed E-state index contributed by atoms with van der Waals surface area (Å²) in [5, 5.41) is 10.3. The van der Waals surface area contributed by atoms with Crippen molar-refractivity contribution in [2.45, 2.75) is 45.1 Å². The number of carbonyl (C=O) groups is 1. The predicted molar refractivity (Wildman–Crippen MR) is 91.8 cm³/mol. The number of aromatic nitrogens is 4. The van der Waals surface area contributed by atoms with Crippen LogP contribution in [0.3, 0.4) is 0 Å². The first kappa shape index (κ1) is 14.9. The summed E-state index contributed by atoms with van der Waals surface area (Å²) >= 11 is 0. The Morgan fingerprint density at radius 2 is 2.04 bits per heavy atom. The fourth-order valence-electron chi connectivity index (χ4n) is 3.36. The van der Waals surface area contributed by atoms with Gasteiger partial charge in [-0.05, 0) is 44.7 Å². The maximum Gasteiger partial charge on any atom is 0.272 e. The molecule has 1 aromatic carbocycles. The normalized spacial score (nSPS) is 15.7. The van der Waals surface area contributed by atoms with Gasteiger partial charge in [0.25, 0.3) is 5.91 Å². The summed E-state index contributed by atoms with van der Waals surface area (Å²) in [6.07, 6.45) is 5.39. The predicted octanol–water partition coefficient (Wildman–Crippen LogP) is 3.05. The smallest absolute Gasteiger partial charge is 0.272 e. The Hall–Kier alpha value is -2.63. The number of carbonyl (C=O) groups excluding carboxylic acids is 1. The maximum absolute atomic E-state index is 12.7. The number of imidazole rings is 1. The van der Waals surface area contributed by atoms with Crippen LogP contribution in [0.15, 0.2) is 24.3 Å². The molecule has 1 aliphatic rings. The van der Waals surface area contributed by atoms with Crippen LogP contribution in [0.1, 0.15) is 59.8 Å². The van der Waals surface area contributed by atoms with Crippen LogP contribution in [0.2, 0.25) is 0 Å². The minimum absolute atomic E-state index is 0.137. The Morgan fingerprint density at radius 3 is 2.92 bits per heavy atom. The highest BCUT2D eigenvalue weighted by atomic mass is 16.2. The van der Waals surface area contributed by atoms with Crippen molar-refractivity contribution >= 4 is 16.9 Å². The first-order chi connectivity index (χ1) is 11.7. The number of nitrogens with zero attached hydrogens (tertiary/aromatic N) is 2. The monoisotopic (exact) mass is 323 g/mol. The average Bonchev–Trinajstić information content (AvgIpc) is 3.12. The molecule has 6 nitrogen and oxygen atoms in total. The van der Waals surface area contributed by atoms with E-state index in [2.05, 4.69) is 25.5 Å². The van der Waals surface area contributed by atoms with Gasteiger partial charge >= 0.3 is 0 Å². The van der Waals surface area contributed by atoms with Gasteiger partial charge in [-0.15, -0.1) is 0 Å². The van der Waals surface area contributed by atoms with Crippen LogP contribution in [0.5, 0.6) is 0 Å². The van der Waals surface area contributed by atoms with E-state index in [-0.39, 0.29) is 11.9 Å². The van der Waals surface area contributed by atoms with Gasteiger partial charge in [0.15, 0.2) is 5.69 Å². The van der Waals surface area contributed by atoms with Crippen molar-refractivity contribution in [3.63, 3.8) is 0 Å². The molecule has 4 rings (SSSR count). The van der Waals surface area contributed by atoms with Crippen LogP contribution < -0.4 is 5.32 Å². The van der Waals surface area contributed by atoms with Crippen molar-refractivity contribution < 1.29 is 4.79 Å². The summed E-state index contributed by atoms with van der Waals surface area (Å²) in [6, 6.07) is 7.65. The van der Waals surface area contributed by atoms with Gasteiger partial charge < -0.3 is 10.3 Å². The van der Waals surface area contributed by atoms with Gasteiger partial charge in [0.1, 0.15) is 5.82 Å². The highest BCUT2D eigenvalue weighted by Gasteiger charge is 2.23. The summed E-state index contributed by atoms with van der Waals surface area (Å²) in [5.74, 6) is 0.619. The second-order valence-electron chi connectivity index (χ2n) is 6.42.